The van der Waals surface area contributed by atoms with Crippen molar-refractivity contribution in [3.8, 4) is 5.75 Å². The van der Waals surface area contributed by atoms with Gasteiger partial charge in [-0.25, -0.2) is 0 Å². The maximum atomic E-state index is 12.5. The molecular formula is C19H16ClNO3. The minimum atomic E-state index is -0.268. The van der Waals surface area contributed by atoms with Gasteiger partial charge in [0, 0.05) is 17.1 Å². The molecule has 0 aliphatic heterocycles. The summed E-state index contributed by atoms with van der Waals surface area (Å²) in [7, 11) is 0. The molecular weight excluding hydrogens is 326 g/mol. The van der Waals surface area contributed by atoms with E-state index in [2.05, 4.69) is 0 Å². The minimum Gasteiger partial charge on any atom is -0.482 e. The Balaban J connectivity index is 1.88. The van der Waals surface area contributed by atoms with Crippen molar-refractivity contribution in [2.24, 2.45) is 0 Å². The molecule has 0 bridgehead atoms. The van der Waals surface area contributed by atoms with Gasteiger partial charge in [-0.3, -0.25) is 14.2 Å². The molecule has 3 rings (SSSR count). The Kier molecular flexibility index (Phi) is 4.40. The van der Waals surface area contributed by atoms with E-state index in [1.807, 2.05) is 38.1 Å². The quantitative estimate of drug-likeness (QED) is 0.659. The monoisotopic (exact) mass is 341 g/mol. The average Bonchev–Trinajstić information content (AvgIpc) is 2.92. The molecule has 0 N–H and O–H groups in total. The number of nitrogens with zero attached hydrogens (tertiary/aromatic N) is 1. The molecule has 5 heteroatoms. The molecule has 0 unspecified atom stereocenters. The van der Waals surface area contributed by atoms with Crippen LogP contribution < -0.4 is 4.74 Å². The fraction of sp³-hybridized carbons (Fsp3) is 0.158. The summed E-state index contributed by atoms with van der Waals surface area (Å²) in [4.78, 5) is 23.7. The topological polar surface area (TPSA) is 48.3 Å². The van der Waals surface area contributed by atoms with Gasteiger partial charge in [0.05, 0.1) is 10.5 Å². The van der Waals surface area contributed by atoms with Gasteiger partial charge in [0.2, 0.25) is 0 Å². The molecule has 0 fully saturated rings. The molecule has 24 heavy (non-hydrogen) atoms. The molecule has 0 amide bonds. The van der Waals surface area contributed by atoms with Gasteiger partial charge in [0.15, 0.2) is 12.9 Å². The molecule has 122 valence electrons. The van der Waals surface area contributed by atoms with E-state index < -0.39 is 0 Å². The lowest BCUT2D eigenvalue weighted by Crippen LogP contribution is -2.18. The van der Waals surface area contributed by atoms with E-state index in [1.54, 1.807) is 12.1 Å². The number of carbonyl (C=O) groups is 2. The van der Waals surface area contributed by atoms with Crippen LogP contribution in [0.4, 0.5) is 0 Å². The first-order chi connectivity index (χ1) is 11.5. The van der Waals surface area contributed by atoms with Crippen molar-refractivity contribution in [2.75, 3.05) is 6.61 Å². The molecule has 0 aliphatic carbocycles. The van der Waals surface area contributed by atoms with Crippen molar-refractivity contribution in [2.45, 2.75) is 13.8 Å². The minimum absolute atomic E-state index is 0.166. The second-order valence-electron chi connectivity index (χ2n) is 5.66. The number of hydrogen-bond donors (Lipinski definition) is 0. The van der Waals surface area contributed by atoms with Crippen LogP contribution in [-0.2, 0) is 0 Å². The lowest BCUT2D eigenvalue weighted by molar-refractivity contribution is 0.0843. The van der Waals surface area contributed by atoms with Gasteiger partial charge in [-0.2, -0.15) is 0 Å². The Morgan fingerprint density at radius 3 is 2.71 bits per heavy atom. The van der Waals surface area contributed by atoms with Crippen LogP contribution in [0.5, 0.6) is 5.75 Å². The first-order valence-electron chi connectivity index (χ1n) is 7.49. The van der Waals surface area contributed by atoms with Crippen molar-refractivity contribution in [3.05, 3.63) is 64.3 Å². The van der Waals surface area contributed by atoms with Gasteiger partial charge in [0.1, 0.15) is 5.75 Å². The number of carbonyl (C=O) groups excluding carboxylic acids is 2. The van der Waals surface area contributed by atoms with Gasteiger partial charge in [-0.05, 0) is 37.1 Å². The van der Waals surface area contributed by atoms with E-state index in [1.165, 1.54) is 10.8 Å². The van der Waals surface area contributed by atoms with Crippen LogP contribution in [0.25, 0.3) is 10.9 Å². The molecule has 0 saturated heterocycles. The van der Waals surface area contributed by atoms with Gasteiger partial charge in [0.25, 0.3) is 5.91 Å². The summed E-state index contributed by atoms with van der Waals surface area (Å²) in [5, 5.41) is 1.22. The Hall–Kier alpha value is -2.59. The number of halogens is 1. The smallest absolute Gasteiger partial charge is 0.269 e. The van der Waals surface area contributed by atoms with E-state index in [4.69, 9.17) is 16.3 Å². The van der Waals surface area contributed by atoms with Crippen LogP contribution in [-0.4, -0.2) is 23.4 Å². The highest BCUT2D eigenvalue weighted by molar-refractivity contribution is 6.32. The molecule has 0 spiro atoms. The lowest BCUT2D eigenvalue weighted by Gasteiger charge is -2.12. The predicted octanol–water partition coefficient (Wildman–Crippen LogP) is 4.44. The normalized spacial score (nSPS) is 10.8. The van der Waals surface area contributed by atoms with Crippen molar-refractivity contribution < 1.29 is 14.3 Å². The third-order valence-corrected chi connectivity index (χ3v) is 4.13. The molecule has 1 aromatic heterocycles. The molecule has 0 radical (unpaired) electrons. The summed E-state index contributed by atoms with van der Waals surface area (Å²) in [5.74, 6) is 0.234. The average molecular weight is 342 g/mol. The fourth-order valence-corrected chi connectivity index (χ4v) is 3.17. The lowest BCUT2D eigenvalue weighted by atomic mass is 10.1. The summed E-state index contributed by atoms with van der Waals surface area (Å²) >= 11 is 6.20. The number of aldehydes is 1. The Morgan fingerprint density at radius 2 is 2.00 bits per heavy atom. The summed E-state index contributed by atoms with van der Waals surface area (Å²) in [6, 6.07) is 11.0. The second-order valence-corrected chi connectivity index (χ2v) is 6.07. The van der Waals surface area contributed by atoms with E-state index in [0.29, 0.717) is 21.9 Å². The zero-order valence-electron chi connectivity index (χ0n) is 13.4. The molecule has 3 aromatic rings. The van der Waals surface area contributed by atoms with Gasteiger partial charge < -0.3 is 4.74 Å². The number of hydrogen-bond acceptors (Lipinski definition) is 3. The van der Waals surface area contributed by atoms with E-state index in [0.717, 1.165) is 22.8 Å². The number of benzene rings is 2. The zero-order valence-corrected chi connectivity index (χ0v) is 14.1. The summed E-state index contributed by atoms with van der Waals surface area (Å²) in [6.07, 6.45) is 2.28. The highest BCUT2D eigenvalue weighted by Crippen LogP contribution is 2.30. The second kappa shape index (κ2) is 6.49. The van der Waals surface area contributed by atoms with Crippen LogP contribution >= 0.6 is 11.6 Å². The first-order valence-corrected chi connectivity index (χ1v) is 7.87. The van der Waals surface area contributed by atoms with Crippen LogP contribution in [0.3, 0.4) is 0 Å². The zero-order chi connectivity index (χ0) is 17.3. The number of rotatable bonds is 4. The molecule has 4 nitrogen and oxygen atoms in total. The highest BCUT2D eigenvalue weighted by atomic mass is 35.5. The maximum absolute atomic E-state index is 12.5. The van der Waals surface area contributed by atoms with Crippen LogP contribution in [0.2, 0.25) is 5.02 Å². The van der Waals surface area contributed by atoms with Crippen LogP contribution in [0.1, 0.15) is 26.3 Å². The number of para-hydroxylation sites is 1. The van der Waals surface area contributed by atoms with Crippen molar-refractivity contribution in [1.29, 1.82) is 0 Å². The standard InChI is InChI=1S/C19H16ClNO3/c1-12-7-13(2)19(16(20)8-12)24-11-18(23)21-9-14(10-22)15-5-3-4-6-17(15)21/h3-10H,11H2,1-2H3. The summed E-state index contributed by atoms with van der Waals surface area (Å²) in [5.41, 5.74) is 3.06. The Labute approximate surface area is 144 Å². The summed E-state index contributed by atoms with van der Waals surface area (Å²) in [6.45, 7) is 3.66. The van der Waals surface area contributed by atoms with Gasteiger partial charge in [-0.1, -0.05) is 35.9 Å². The van der Waals surface area contributed by atoms with Gasteiger partial charge >= 0.3 is 0 Å². The summed E-state index contributed by atoms with van der Waals surface area (Å²) < 4.78 is 7.08. The molecule has 0 saturated carbocycles. The van der Waals surface area contributed by atoms with Crippen molar-refractivity contribution >= 4 is 34.7 Å². The SMILES string of the molecule is Cc1cc(C)c(OCC(=O)n2cc(C=O)c3ccccc32)c(Cl)c1. The van der Waals surface area contributed by atoms with E-state index in [9.17, 15) is 9.59 Å². The third-order valence-electron chi connectivity index (χ3n) is 3.85. The van der Waals surface area contributed by atoms with Gasteiger partial charge in [-0.15, -0.1) is 0 Å². The molecule has 2 aromatic carbocycles. The third kappa shape index (κ3) is 2.93. The van der Waals surface area contributed by atoms with Crippen molar-refractivity contribution in [1.82, 2.24) is 4.57 Å². The fourth-order valence-electron chi connectivity index (χ4n) is 2.79. The van der Waals surface area contributed by atoms with Crippen LogP contribution in [0.15, 0.2) is 42.6 Å². The number of ether oxygens (including phenoxy) is 1. The number of aryl methyl sites for hydroxylation is 2. The number of fused-ring (bicyclic) bond motifs is 1. The van der Waals surface area contributed by atoms with Crippen LogP contribution in [0, 0.1) is 13.8 Å². The largest absolute Gasteiger partial charge is 0.482 e. The molecule has 0 atom stereocenters. The Morgan fingerprint density at radius 1 is 1.25 bits per heavy atom. The molecule has 1 heterocycles. The molecule has 0 aliphatic rings. The maximum Gasteiger partial charge on any atom is 0.269 e. The number of aromatic nitrogens is 1. The highest BCUT2D eigenvalue weighted by Gasteiger charge is 2.15. The Bertz CT molecular complexity index is 920. The van der Waals surface area contributed by atoms with E-state index >= 15 is 0 Å². The van der Waals surface area contributed by atoms with Crippen molar-refractivity contribution in [3.63, 3.8) is 0 Å². The first kappa shape index (κ1) is 16.3. The van der Waals surface area contributed by atoms with E-state index in [-0.39, 0.29) is 12.5 Å². The predicted molar refractivity (Wildman–Crippen MR) is 94.4 cm³/mol.